The van der Waals surface area contributed by atoms with Crippen LogP contribution in [0.2, 0.25) is 0 Å². The largest absolute Gasteiger partial charge is 0.399 e. The summed E-state index contributed by atoms with van der Waals surface area (Å²) in [7, 11) is 0. The Morgan fingerprint density at radius 2 is 2.16 bits per heavy atom. The first-order valence-corrected chi connectivity index (χ1v) is 7.63. The quantitative estimate of drug-likeness (QED) is 0.836. The fourth-order valence-corrected chi connectivity index (χ4v) is 3.81. The zero-order chi connectivity index (χ0) is 13.4. The molecule has 3 N–H and O–H groups in total. The lowest BCUT2D eigenvalue weighted by Crippen LogP contribution is -2.18. The third-order valence-electron chi connectivity index (χ3n) is 3.98. The Kier molecular flexibility index (Phi) is 3.33. The van der Waals surface area contributed by atoms with E-state index in [1.807, 2.05) is 17.4 Å². The molecule has 0 spiro atoms. The molecule has 0 aliphatic heterocycles. The van der Waals surface area contributed by atoms with Crippen molar-refractivity contribution in [3.05, 3.63) is 50.7 Å². The molecule has 19 heavy (non-hydrogen) atoms. The Balaban J connectivity index is 1.70. The van der Waals surface area contributed by atoms with E-state index in [2.05, 4.69) is 37.4 Å². The molecule has 0 saturated carbocycles. The van der Waals surface area contributed by atoms with Gasteiger partial charge in [0.1, 0.15) is 0 Å². The van der Waals surface area contributed by atoms with Gasteiger partial charge in [0, 0.05) is 28.0 Å². The smallest absolute Gasteiger partial charge is 0.0329 e. The van der Waals surface area contributed by atoms with Crippen molar-refractivity contribution in [1.29, 1.82) is 0 Å². The maximum Gasteiger partial charge on any atom is 0.0329 e. The summed E-state index contributed by atoms with van der Waals surface area (Å²) in [5, 5.41) is 3.68. The van der Waals surface area contributed by atoms with Gasteiger partial charge in [-0.2, -0.15) is 0 Å². The molecule has 3 rings (SSSR count). The van der Waals surface area contributed by atoms with Gasteiger partial charge in [0.25, 0.3) is 0 Å². The summed E-state index contributed by atoms with van der Waals surface area (Å²) in [6.07, 6.45) is 2.32. The minimum atomic E-state index is 0.485. The SMILES string of the molecule is Cc1cc(CNC2CCc3cc(N)ccc32)sc1C. The van der Waals surface area contributed by atoms with E-state index in [9.17, 15) is 0 Å². The molecule has 0 saturated heterocycles. The van der Waals surface area contributed by atoms with Crippen LogP contribution in [-0.4, -0.2) is 0 Å². The van der Waals surface area contributed by atoms with Crippen LogP contribution in [0.15, 0.2) is 24.3 Å². The van der Waals surface area contributed by atoms with E-state index >= 15 is 0 Å². The number of hydrogen-bond acceptors (Lipinski definition) is 3. The summed E-state index contributed by atoms with van der Waals surface area (Å²) < 4.78 is 0. The molecule has 0 fully saturated rings. The van der Waals surface area contributed by atoms with Gasteiger partial charge in [-0.3, -0.25) is 0 Å². The van der Waals surface area contributed by atoms with Crippen molar-refractivity contribution in [3.8, 4) is 0 Å². The molecule has 0 amide bonds. The number of hydrogen-bond donors (Lipinski definition) is 2. The van der Waals surface area contributed by atoms with Gasteiger partial charge in [0.05, 0.1) is 0 Å². The zero-order valence-corrected chi connectivity index (χ0v) is 12.3. The van der Waals surface area contributed by atoms with Crippen molar-refractivity contribution in [2.45, 2.75) is 39.3 Å². The number of thiophene rings is 1. The maximum absolute atomic E-state index is 5.84. The molecular weight excluding hydrogens is 252 g/mol. The molecule has 1 heterocycles. The van der Waals surface area contributed by atoms with E-state index in [4.69, 9.17) is 5.73 Å². The normalized spacial score (nSPS) is 17.7. The fraction of sp³-hybridized carbons (Fsp3) is 0.375. The predicted molar refractivity (Wildman–Crippen MR) is 82.5 cm³/mol. The molecule has 1 atom stereocenters. The van der Waals surface area contributed by atoms with Crippen LogP contribution in [-0.2, 0) is 13.0 Å². The van der Waals surface area contributed by atoms with Crippen LogP contribution in [0.1, 0.15) is 38.9 Å². The molecule has 1 aromatic heterocycles. The van der Waals surface area contributed by atoms with E-state index in [0.29, 0.717) is 6.04 Å². The summed E-state index contributed by atoms with van der Waals surface area (Å²) in [5.41, 5.74) is 11.0. The summed E-state index contributed by atoms with van der Waals surface area (Å²) in [5.74, 6) is 0. The standard InChI is InChI=1S/C16H20N2S/c1-10-7-14(19-11(10)2)9-18-16-6-3-12-8-13(17)4-5-15(12)16/h4-5,7-8,16,18H,3,6,9,17H2,1-2H3. The first kappa shape index (κ1) is 12.7. The summed E-state index contributed by atoms with van der Waals surface area (Å²) in [4.78, 5) is 2.86. The third kappa shape index (κ3) is 2.53. The highest BCUT2D eigenvalue weighted by Crippen LogP contribution is 2.33. The van der Waals surface area contributed by atoms with Crippen LogP contribution in [0.3, 0.4) is 0 Å². The van der Waals surface area contributed by atoms with Crippen LogP contribution in [0.4, 0.5) is 5.69 Å². The lowest BCUT2D eigenvalue weighted by molar-refractivity contribution is 0.533. The van der Waals surface area contributed by atoms with Crippen LogP contribution in [0, 0.1) is 13.8 Å². The van der Waals surface area contributed by atoms with Gasteiger partial charge < -0.3 is 11.1 Å². The fourth-order valence-electron chi connectivity index (χ4n) is 2.81. The number of nitrogens with two attached hydrogens (primary N) is 1. The summed E-state index contributed by atoms with van der Waals surface area (Å²) in [6.45, 7) is 5.34. The van der Waals surface area contributed by atoms with Crippen molar-refractivity contribution in [2.24, 2.45) is 0 Å². The predicted octanol–water partition coefficient (Wildman–Crippen LogP) is 3.72. The molecule has 2 aromatic rings. The van der Waals surface area contributed by atoms with Gasteiger partial charge in [-0.25, -0.2) is 0 Å². The second-order valence-corrected chi connectivity index (χ2v) is 6.72. The molecule has 1 unspecified atom stereocenters. The van der Waals surface area contributed by atoms with Gasteiger partial charge in [-0.1, -0.05) is 6.07 Å². The second kappa shape index (κ2) is 4.99. The van der Waals surface area contributed by atoms with Crippen molar-refractivity contribution in [2.75, 3.05) is 5.73 Å². The van der Waals surface area contributed by atoms with E-state index in [0.717, 1.165) is 18.7 Å². The lowest BCUT2D eigenvalue weighted by Gasteiger charge is -2.13. The molecule has 2 nitrogen and oxygen atoms in total. The van der Waals surface area contributed by atoms with Gasteiger partial charge in [-0.15, -0.1) is 11.3 Å². The van der Waals surface area contributed by atoms with Gasteiger partial charge in [0.15, 0.2) is 0 Å². The minimum Gasteiger partial charge on any atom is -0.399 e. The number of benzene rings is 1. The monoisotopic (exact) mass is 272 g/mol. The third-order valence-corrected chi connectivity index (χ3v) is 5.14. The van der Waals surface area contributed by atoms with E-state index in [-0.39, 0.29) is 0 Å². The Hall–Kier alpha value is -1.32. The molecule has 100 valence electrons. The molecule has 1 aliphatic rings. The number of rotatable bonds is 3. The minimum absolute atomic E-state index is 0.485. The number of fused-ring (bicyclic) bond motifs is 1. The van der Waals surface area contributed by atoms with Crippen LogP contribution in [0.25, 0.3) is 0 Å². The molecule has 0 bridgehead atoms. The Bertz CT molecular complexity index is 581. The van der Waals surface area contributed by atoms with E-state index < -0.39 is 0 Å². The van der Waals surface area contributed by atoms with Gasteiger partial charge in [-0.05, 0) is 61.6 Å². The summed E-state index contributed by atoms with van der Waals surface area (Å²) >= 11 is 1.90. The van der Waals surface area contributed by atoms with Crippen molar-refractivity contribution < 1.29 is 0 Å². The van der Waals surface area contributed by atoms with Gasteiger partial charge >= 0.3 is 0 Å². The molecular formula is C16H20N2S. The van der Waals surface area contributed by atoms with Crippen LogP contribution >= 0.6 is 11.3 Å². The number of nitrogens with one attached hydrogen (secondary N) is 1. The average Bonchev–Trinajstić information content (AvgIpc) is 2.91. The van der Waals surface area contributed by atoms with Crippen LogP contribution < -0.4 is 11.1 Å². The topological polar surface area (TPSA) is 38.0 Å². The highest BCUT2D eigenvalue weighted by molar-refractivity contribution is 7.12. The molecule has 0 radical (unpaired) electrons. The first-order chi connectivity index (χ1) is 9.13. The molecule has 1 aromatic carbocycles. The highest BCUT2D eigenvalue weighted by atomic mass is 32.1. The average molecular weight is 272 g/mol. The lowest BCUT2D eigenvalue weighted by atomic mass is 10.1. The van der Waals surface area contributed by atoms with E-state index in [1.54, 1.807) is 0 Å². The summed E-state index contributed by atoms with van der Waals surface area (Å²) in [6, 6.07) is 9.10. The first-order valence-electron chi connectivity index (χ1n) is 6.81. The Morgan fingerprint density at radius 3 is 2.89 bits per heavy atom. The van der Waals surface area contributed by atoms with Crippen molar-refractivity contribution in [1.82, 2.24) is 5.32 Å². The second-order valence-electron chi connectivity index (χ2n) is 5.38. The van der Waals surface area contributed by atoms with Crippen molar-refractivity contribution >= 4 is 17.0 Å². The number of nitrogen functional groups attached to an aromatic ring is 1. The zero-order valence-electron chi connectivity index (χ0n) is 11.5. The maximum atomic E-state index is 5.84. The number of anilines is 1. The molecule has 1 aliphatic carbocycles. The van der Waals surface area contributed by atoms with E-state index in [1.165, 1.54) is 32.9 Å². The van der Waals surface area contributed by atoms with Crippen LogP contribution in [0.5, 0.6) is 0 Å². The van der Waals surface area contributed by atoms with Gasteiger partial charge in [0.2, 0.25) is 0 Å². The Labute approximate surface area is 118 Å². The highest BCUT2D eigenvalue weighted by Gasteiger charge is 2.21. The van der Waals surface area contributed by atoms with Crippen molar-refractivity contribution in [3.63, 3.8) is 0 Å². The number of aryl methyl sites for hydroxylation is 3. The Morgan fingerprint density at radius 1 is 1.32 bits per heavy atom. The molecule has 3 heteroatoms.